The van der Waals surface area contributed by atoms with Gasteiger partial charge in [0.05, 0.1) is 35.8 Å². The molecule has 0 aliphatic carbocycles. The number of nitrogens with zero attached hydrogens (tertiary/aromatic N) is 2. The molecular weight excluding hydrogens is 532 g/mol. The number of esters is 1. The molecular formula is C26H39BrN2O5S. The quantitative estimate of drug-likeness (QED) is 0.167. The highest BCUT2D eigenvalue weighted by Crippen LogP contribution is 2.68. The molecule has 1 spiro atoms. The zero-order chi connectivity index (χ0) is 26.1. The standard InChI is InChI=1S/C26H39BrN2O5S/c1-7-10-12-34-25(33)19-20-23(31)29(18(14-30)16(6)9-3)22(24(32)28(11-8-2)15(4)5)26(20)13-17(27)21(19)35-26/h7-8,15-22,30H,1-2,9-14H2,3-6H3/t16-,17?,18-,19+,20-,21+,22?,26?/m0/s1. The van der Waals surface area contributed by atoms with E-state index in [0.717, 1.165) is 6.42 Å². The third kappa shape index (κ3) is 4.73. The first-order valence-electron chi connectivity index (χ1n) is 12.5. The molecule has 196 valence electrons. The second kappa shape index (κ2) is 11.4. The highest BCUT2D eigenvalue weighted by molar-refractivity contribution is 9.09. The van der Waals surface area contributed by atoms with Gasteiger partial charge in [0.15, 0.2) is 0 Å². The van der Waals surface area contributed by atoms with Crippen LogP contribution in [0.4, 0.5) is 0 Å². The Bertz CT molecular complexity index is 854. The van der Waals surface area contributed by atoms with Crippen molar-refractivity contribution in [3.63, 3.8) is 0 Å². The van der Waals surface area contributed by atoms with Crippen LogP contribution in [-0.4, -0.2) is 85.4 Å². The molecule has 3 aliphatic heterocycles. The number of likely N-dealkylation sites (tertiary alicyclic amines) is 1. The summed E-state index contributed by atoms with van der Waals surface area (Å²) in [7, 11) is 0. The normalized spacial score (nSPS) is 32.9. The molecule has 8 atom stereocenters. The van der Waals surface area contributed by atoms with Gasteiger partial charge in [-0.2, -0.15) is 0 Å². The molecule has 3 heterocycles. The van der Waals surface area contributed by atoms with Gasteiger partial charge in [0.1, 0.15) is 6.04 Å². The molecule has 3 aliphatic rings. The molecule has 0 aromatic rings. The van der Waals surface area contributed by atoms with Crippen LogP contribution in [0.25, 0.3) is 0 Å². The first-order chi connectivity index (χ1) is 16.6. The summed E-state index contributed by atoms with van der Waals surface area (Å²) in [6.45, 7) is 15.7. The molecule has 1 N–H and O–H groups in total. The number of fused-ring (bicyclic) bond motifs is 1. The Kier molecular flexibility index (Phi) is 9.19. The Labute approximate surface area is 221 Å². The minimum atomic E-state index is -0.769. The summed E-state index contributed by atoms with van der Waals surface area (Å²) in [5, 5.41) is 10.3. The van der Waals surface area contributed by atoms with E-state index in [0.29, 0.717) is 19.4 Å². The minimum absolute atomic E-state index is 0.0126. The fraction of sp³-hybridized carbons (Fsp3) is 0.731. The zero-order valence-corrected chi connectivity index (χ0v) is 23.6. The van der Waals surface area contributed by atoms with Crippen molar-refractivity contribution in [1.82, 2.24) is 9.80 Å². The lowest BCUT2D eigenvalue weighted by atomic mass is 9.71. The third-order valence-corrected chi connectivity index (χ3v) is 11.1. The Balaban J connectivity index is 2.11. The molecule has 2 amide bonds. The molecule has 2 bridgehead atoms. The minimum Gasteiger partial charge on any atom is -0.465 e. The van der Waals surface area contributed by atoms with E-state index in [-0.39, 0.29) is 47.1 Å². The van der Waals surface area contributed by atoms with E-state index >= 15 is 0 Å². The Morgan fingerprint density at radius 2 is 2.03 bits per heavy atom. The Hall–Kier alpha value is -1.32. The number of carbonyl (C=O) groups excluding carboxylic acids is 3. The first kappa shape index (κ1) is 28.3. The van der Waals surface area contributed by atoms with E-state index in [4.69, 9.17) is 4.74 Å². The molecule has 3 saturated heterocycles. The summed E-state index contributed by atoms with van der Waals surface area (Å²) in [5.74, 6) is -2.07. The van der Waals surface area contributed by atoms with Crippen molar-refractivity contribution in [2.75, 3.05) is 19.8 Å². The van der Waals surface area contributed by atoms with Crippen LogP contribution in [0.15, 0.2) is 25.3 Å². The number of rotatable bonds is 12. The molecule has 3 fully saturated rings. The van der Waals surface area contributed by atoms with E-state index in [9.17, 15) is 19.5 Å². The molecule has 3 rings (SSSR count). The fourth-order valence-electron chi connectivity index (χ4n) is 5.98. The number of ether oxygens (including phenoxy) is 1. The summed E-state index contributed by atoms with van der Waals surface area (Å²) in [6.07, 6.45) is 5.26. The van der Waals surface area contributed by atoms with E-state index in [1.807, 2.05) is 27.7 Å². The van der Waals surface area contributed by atoms with Gasteiger partial charge < -0.3 is 19.6 Å². The van der Waals surface area contributed by atoms with Crippen molar-refractivity contribution in [2.24, 2.45) is 17.8 Å². The maximum absolute atomic E-state index is 14.2. The van der Waals surface area contributed by atoms with Gasteiger partial charge >= 0.3 is 5.97 Å². The van der Waals surface area contributed by atoms with E-state index in [2.05, 4.69) is 29.1 Å². The topological polar surface area (TPSA) is 87.2 Å². The first-order valence-corrected chi connectivity index (χ1v) is 14.3. The molecule has 7 nitrogen and oxygen atoms in total. The van der Waals surface area contributed by atoms with Gasteiger partial charge in [-0.15, -0.1) is 24.9 Å². The SMILES string of the molecule is C=CCCOC(=O)[C@H]1[C@@H]2SC3(CC2Br)C(C(=O)N(CC=C)C(C)C)N([C@@H](CO)[C@@H](C)CC)C(=O)[C@H]13. The van der Waals surface area contributed by atoms with Gasteiger partial charge in [-0.3, -0.25) is 14.4 Å². The molecule has 0 radical (unpaired) electrons. The summed E-state index contributed by atoms with van der Waals surface area (Å²) in [6, 6.07) is -1.37. The van der Waals surface area contributed by atoms with Crippen molar-refractivity contribution < 1.29 is 24.2 Å². The van der Waals surface area contributed by atoms with Gasteiger partial charge in [0, 0.05) is 22.7 Å². The van der Waals surface area contributed by atoms with Crippen LogP contribution in [0, 0.1) is 17.8 Å². The van der Waals surface area contributed by atoms with Gasteiger partial charge in [-0.05, 0) is 32.6 Å². The summed E-state index contributed by atoms with van der Waals surface area (Å²) < 4.78 is 4.80. The van der Waals surface area contributed by atoms with Crippen LogP contribution in [0.3, 0.4) is 0 Å². The lowest BCUT2D eigenvalue weighted by Gasteiger charge is -2.42. The Morgan fingerprint density at radius 1 is 1.34 bits per heavy atom. The van der Waals surface area contributed by atoms with Crippen LogP contribution >= 0.6 is 27.7 Å². The molecule has 0 aromatic heterocycles. The number of aliphatic hydroxyl groups is 1. The smallest absolute Gasteiger partial charge is 0.310 e. The van der Waals surface area contributed by atoms with Crippen LogP contribution in [-0.2, 0) is 19.1 Å². The number of hydrogen-bond donors (Lipinski definition) is 1. The van der Waals surface area contributed by atoms with E-state index in [1.54, 1.807) is 33.7 Å². The van der Waals surface area contributed by atoms with Crippen molar-refractivity contribution >= 4 is 45.5 Å². The number of aliphatic hydroxyl groups excluding tert-OH is 1. The number of amides is 2. The van der Waals surface area contributed by atoms with E-state index < -0.39 is 34.6 Å². The second-order valence-electron chi connectivity index (χ2n) is 10.2. The molecule has 0 aromatic carbocycles. The largest absolute Gasteiger partial charge is 0.465 e. The Morgan fingerprint density at radius 3 is 2.57 bits per heavy atom. The number of hydrogen-bond acceptors (Lipinski definition) is 6. The summed E-state index contributed by atoms with van der Waals surface area (Å²) in [5.41, 5.74) is 0. The van der Waals surface area contributed by atoms with E-state index in [1.165, 1.54) is 0 Å². The van der Waals surface area contributed by atoms with Crippen LogP contribution in [0.1, 0.15) is 47.0 Å². The van der Waals surface area contributed by atoms with Crippen molar-refractivity contribution in [3.05, 3.63) is 25.3 Å². The van der Waals surface area contributed by atoms with Gasteiger partial charge in [-0.25, -0.2) is 0 Å². The summed E-state index contributed by atoms with van der Waals surface area (Å²) >= 11 is 5.35. The number of alkyl halides is 1. The molecule has 0 saturated carbocycles. The monoisotopic (exact) mass is 570 g/mol. The van der Waals surface area contributed by atoms with Crippen LogP contribution in [0.2, 0.25) is 0 Å². The van der Waals surface area contributed by atoms with Crippen molar-refractivity contribution in [3.8, 4) is 0 Å². The number of halogens is 1. The van der Waals surface area contributed by atoms with Gasteiger partial charge in [0.2, 0.25) is 11.8 Å². The van der Waals surface area contributed by atoms with Crippen molar-refractivity contribution in [1.29, 1.82) is 0 Å². The fourth-order valence-corrected chi connectivity index (χ4v) is 9.56. The summed E-state index contributed by atoms with van der Waals surface area (Å²) in [4.78, 5) is 45.0. The molecule has 9 heteroatoms. The zero-order valence-electron chi connectivity index (χ0n) is 21.2. The number of thioether (sulfide) groups is 1. The second-order valence-corrected chi connectivity index (χ2v) is 12.9. The maximum atomic E-state index is 14.2. The maximum Gasteiger partial charge on any atom is 0.310 e. The lowest BCUT2D eigenvalue weighted by molar-refractivity contribution is -0.154. The molecule has 35 heavy (non-hydrogen) atoms. The predicted molar refractivity (Wildman–Crippen MR) is 142 cm³/mol. The van der Waals surface area contributed by atoms with Crippen molar-refractivity contribution in [2.45, 2.75) is 79.9 Å². The highest BCUT2D eigenvalue weighted by atomic mass is 79.9. The number of carbonyl (C=O) groups is 3. The highest BCUT2D eigenvalue weighted by Gasteiger charge is 2.76. The van der Waals surface area contributed by atoms with Crippen LogP contribution in [0.5, 0.6) is 0 Å². The molecule has 3 unspecified atom stereocenters. The average molecular weight is 572 g/mol. The van der Waals surface area contributed by atoms with Gasteiger partial charge in [0.25, 0.3) is 0 Å². The lowest BCUT2D eigenvalue weighted by Crippen LogP contribution is -2.59. The third-order valence-electron chi connectivity index (χ3n) is 7.88. The predicted octanol–water partition coefficient (Wildman–Crippen LogP) is 3.40. The van der Waals surface area contributed by atoms with Crippen LogP contribution < -0.4 is 0 Å². The van der Waals surface area contributed by atoms with Gasteiger partial charge in [-0.1, -0.05) is 48.4 Å². The average Bonchev–Trinajstić information content (AvgIpc) is 3.41.